The van der Waals surface area contributed by atoms with E-state index in [1.807, 2.05) is 45.0 Å². The second-order valence-electron chi connectivity index (χ2n) is 5.53. The molecule has 3 aromatic rings. The topological polar surface area (TPSA) is 65.2 Å². The van der Waals surface area contributed by atoms with Crippen molar-refractivity contribution >= 4 is 17.0 Å². The molecule has 0 aliphatic rings. The summed E-state index contributed by atoms with van der Waals surface area (Å²) in [6, 6.07) is 7.62. The summed E-state index contributed by atoms with van der Waals surface area (Å²) < 4.78 is 10.9. The number of fused-ring (bicyclic) bond motifs is 1. The average molecular weight is 310 g/mol. The van der Waals surface area contributed by atoms with Crippen LogP contribution in [0.4, 0.5) is 0 Å². The van der Waals surface area contributed by atoms with Gasteiger partial charge in [-0.1, -0.05) is 12.1 Å². The highest BCUT2D eigenvalue weighted by atomic mass is 16.5. The summed E-state index contributed by atoms with van der Waals surface area (Å²) in [6.07, 6.45) is 0. The van der Waals surface area contributed by atoms with Crippen LogP contribution in [0.3, 0.4) is 0 Å². The molecule has 1 aromatic carbocycles. The second-order valence-corrected chi connectivity index (χ2v) is 5.53. The van der Waals surface area contributed by atoms with Gasteiger partial charge in [0, 0.05) is 5.56 Å². The van der Waals surface area contributed by atoms with Crippen LogP contribution in [-0.4, -0.2) is 15.9 Å². The summed E-state index contributed by atoms with van der Waals surface area (Å²) in [4.78, 5) is 21.3. The molecule has 0 aliphatic heterocycles. The van der Waals surface area contributed by atoms with E-state index in [2.05, 4.69) is 9.97 Å². The number of rotatable bonds is 3. The first-order chi connectivity index (χ1) is 11.0. The van der Waals surface area contributed by atoms with Gasteiger partial charge in [-0.15, -0.1) is 0 Å². The maximum atomic E-state index is 12.3. The Hall–Kier alpha value is -2.69. The Balaban J connectivity index is 1.83. The Morgan fingerprint density at radius 2 is 1.70 bits per heavy atom. The second kappa shape index (κ2) is 5.83. The molecular formula is C18H18N2O3. The van der Waals surface area contributed by atoms with Crippen LogP contribution in [0, 0.1) is 27.7 Å². The van der Waals surface area contributed by atoms with Crippen LogP contribution in [0.5, 0.6) is 0 Å². The lowest BCUT2D eigenvalue weighted by Gasteiger charge is -2.08. The minimum Gasteiger partial charge on any atom is -0.465 e. The molecule has 0 N–H and O–H groups in total. The molecule has 2 aromatic heterocycles. The predicted molar refractivity (Wildman–Crippen MR) is 86.3 cm³/mol. The highest BCUT2D eigenvalue weighted by molar-refractivity contribution is 5.92. The summed E-state index contributed by atoms with van der Waals surface area (Å²) >= 11 is 0. The van der Waals surface area contributed by atoms with Gasteiger partial charge in [-0.2, -0.15) is 0 Å². The number of esters is 1. The molecule has 0 bridgehead atoms. The Kier molecular flexibility index (Phi) is 3.86. The van der Waals surface area contributed by atoms with Gasteiger partial charge in [-0.05, 0) is 39.8 Å². The van der Waals surface area contributed by atoms with Crippen molar-refractivity contribution in [3.63, 3.8) is 0 Å². The summed E-state index contributed by atoms with van der Waals surface area (Å²) in [6.45, 7) is 7.39. The largest absolute Gasteiger partial charge is 0.465 e. The van der Waals surface area contributed by atoms with E-state index in [1.54, 1.807) is 6.92 Å². The number of benzene rings is 1. The molecule has 2 heterocycles. The molecule has 0 unspecified atom stereocenters. The maximum Gasteiger partial charge on any atom is 0.342 e. The summed E-state index contributed by atoms with van der Waals surface area (Å²) in [5.74, 6) is 0.911. The zero-order valence-corrected chi connectivity index (χ0v) is 13.6. The van der Waals surface area contributed by atoms with E-state index in [4.69, 9.17) is 9.15 Å². The molecule has 0 aliphatic carbocycles. The molecule has 0 spiro atoms. The normalized spacial score (nSPS) is 11.0. The monoisotopic (exact) mass is 310 g/mol. The van der Waals surface area contributed by atoms with Gasteiger partial charge in [-0.3, -0.25) is 0 Å². The molecule has 0 saturated carbocycles. The Morgan fingerprint density at radius 1 is 1.04 bits per heavy atom. The van der Waals surface area contributed by atoms with Crippen LogP contribution in [0.2, 0.25) is 0 Å². The number of carbonyl (C=O) groups excluding carboxylic acids is 1. The van der Waals surface area contributed by atoms with Gasteiger partial charge in [0.25, 0.3) is 0 Å². The summed E-state index contributed by atoms with van der Waals surface area (Å²) in [5.41, 5.74) is 4.34. The third-order valence-corrected chi connectivity index (χ3v) is 3.95. The standard InChI is InChI=1S/C18H18N2O3/c1-10-12(3)23-13(4)17(10)18(21)22-9-16-11(2)19-14-7-5-6-8-15(14)20-16/h5-8H,9H2,1-4H3. The van der Waals surface area contributed by atoms with E-state index in [9.17, 15) is 4.79 Å². The number of hydrogen-bond donors (Lipinski definition) is 0. The zero-order chi connectivity index (χ0) is 16.6. The van der Waals surface area contributed by atoms with Crippen LogP contribution >= 0.6 is 0 Å². The van der Waals surface area contributed by atoms with Crippen molar-refractivity contribution < 1.29 is 13.9 Å². The first-order valence-electron chi connectivity index (χ1n) is 7.43. The number of ether oxygens (including phenoxy) is 1. The molecule has 5 heteroatoms. The van der Waals surface area contributed by atoms with Gasteiger partial charge in [0.1, 0.15) is 23.7 Å². The number of hydrogen-bond acceptors (Lipinski definition) is 5. The smallest absolute Gasteiger partial charge is 0.342 e. The lowest BCUT2D eigenvalue weighted by molar-refractivity contribution is 0.0464. The number of carbonyl (C=O) groups is 1. The fourth-order valence-corrected chi connectivity index (χ4v) is 2.56. The lowest BCUT2D eigenvalue weighted by atomic mass is 10.1. The van der Waals surface area contributed by atoms with Crippen LogP contribution in [0.1, 0.15) is 38.8 Å². The minimum atomic E-state index is -0.397. The van der Waals surface area contributed by atoms with Gasteiger partial charge in [0.2, 0.25) is 0 Å². The van der Waals surface area contributed by atoms with Gasteiger partial charge < -0.3 is 9.15 Å². The average Bonchev–Trinajstić information content (AvgIpc) is 2.77. The molecule has 3 rings (SSSR count). The number of para-hydroxylation sites is 2. The lowest BCUT2D eigenvalue weighted by Crippen LogP contribution is -2.09. The zero-order valence-electron chi connectivity index (χ0n) is 13.6. The molecule has 0 amide bonds. The predicted octanol–water partition coefficient (Wildman–Crippen LogP) is 3.81. The van der Waals surface area contributed by atoms with Gasteiger partial charge >= 0.3 is 5.97 Å². The SMILES string of the molecule is Cc1nc2ccccc2nc1COC(=O)c1c(C)oc(C)c1C. The van der Waals surface area contributed by atoms with Crippen molar-refractivity contribution in [1.29, 1.82) is 0 Å². The Labute approximate surface area is 134 Å². The third kappa shape index (κ3) is 2.82. The van der Waals surface area contributed by atoms with Crippen molar-refractivity contribution in [2.75, 3.05) is 0 Å². The molecule has 0 fully saturated rings. The Morgan fingerprint density at radius 3 is 2.30 bits per heavy atom. The summed E-state index contributed by atoms with van der Waals surface area (Å²) in [5, 5.41) is 0. The summed E-state index contributed by atoms with van der Waals surface area (Å²) in [7, 11) is 0. The van der Waals surface area contributed by atoms with Crippen LogP contribution in [0.15, 0.2) is 28.7 Å². The molecule has 5 nitrogen and oxygen atoms in total. The van der Waals surface area contributed by atoms with Crippen molar-refractivity contribution in [3.8, 4) is 0 Å². The van der Waals surface area contributed by atoms with Gasteiger partial charge in [0.05, 0.1) is 22.4 Å². The van der Waals surface area contributed by atoms with Crippen LogP contribution in [0.25, 0.3) is 11.0 Å². The van der Waals surface area contributed by atoms with E-state index >= 15 is 0 Å². The maximum absolute atomic E-state index is 12.3. The third-order valence-electron chi connectivity index (χ3n) is 3.95. The molecule has 118 valence electrons. The molecule has 0 atom stereocenters. The fourth-order valence-electron chi connectivity index (χ4n) is 2.56. The molecule has 23 heavy (non-hydrogen) atoms. The molecule has 0 radical (unpaired) electrons. The highest BCUT2D eigenvalue weighted by Gasteiger charge is 2.20. The van der Waals surface area contributed by atoms with Crippen molar-refractivity contribution in [2.24, 2.45) is 0 Å². The first-order valence-corrected chi connectivity index (χ1v) is 7.43. The number of aryl methyl sites for hydroxylation is 3. The first kappa shape index (κ1) is 15.2. The van der Waals surface area contributed by atoms with Crippen molar-refractivity contribution in [1.82, 2.24) is 9.97 Å². The number of nitrogens with zero attached hydrogens (tertiary/aromatic N) is 2. The van der Waals surface area contributed by atoms with Gasteiger partial charge in [0.15, 0.2) is 0 Å². The van der Waals surface area contributed by atoms with Gasteiger partial charge in [-0.25, -0.2) is 14.8 Å². The highest BCUT2D eigenvalue weighted by Crippen LogP contribution is 2.22. The molecular weight excluding hydrogens is 292 g/mol. The minimum absolute atomic E-state index is 0.0889. The van der Waals surface area contributed by atoms with Crippen molar-refractivity contribution in [2.45, 2.75) is 34.3 Å². The van der Waals surface area contributed by atoms with Crippen molar-refractivity contribution in [3.05, 3.63) is 58.3 Å². The van der Waals surface area contributed by atoms with Crippen LogP contribution in [-0.2, 0) is 11.3 Å². The van der Waals surface area contributed by atoms with E-state index in [-0.39, 0.29) is 6.61 Å². The van der Waals surface area contributed by atoms with E-state index < -0.39 is 5.97 Å². The number of furan rings is 1. The van der Waals surface area contributed by atoms with E-state index in [0.717, 1.165) is 28.1 Å². The van der Waals surface area contributed by atoms with E-state index in [0.29, 0.717) is 17.0 Å². The quantitative estimate of drug-likeness (QED) is 0.688. The Bertz CT molecular complexity index is 897. The van der Waals surface area contributed by atoms with Crippen LogP contribution < -0.4 is 0 Å². The number of aromatic nitrogens is 2. The van der Waals surface area contributed by atoms with E-state index in [1.165, 1.54) is 0 Å². The molecule has 0 saturated heterocycles. The fraction of sp³-hybridized carbons (Fsp3) is 0.278.